The van der Waals surface area contributed by atoms with Crippen molar-refractivity contribution in [1.82, 2.24) is 29.6 Å². The van der Waals surface area contributed by atoms with Gasteiger partial charge in [0.25, 0.3) is 5.56 Å². The van der Waals surface area contributed by atoms with Gasteiger partial charge in [0.2, 0.25) is 5.91 Å². The van der Waals surface area contributed by atoms with E-state index in [4.69, 9.17) is 32.2 Å². The van der Waals surface area contributed by atoms with Crippen molar-refractivity contribution in [3.8, 4) is 28.8 Å². The van der Waals surface area contributed by atoms with Crippen molar-refractivity contribution in [3.05, 3.63) is 111 Å². The monoisotopic (exact) mass is 675 g/mol. The molecular weight excluding hydrogens is 642 g/mol. The topological polar surface area (TPSA) is 150 Å². The zero-order valence-electron chi connectivity index (χ0n) is 26.8. The Balaban J connectivity index is 1.40. The van der Waals surface area contributed by atoms with E-state index in [1.165, 1.54) is 0 Å². The summed E-state index contributed by atoms with van der Waals surface area (Å²) in [4.78, 5) is 35.7. The summed E-state index contributed by atoms with van der Waals surface area (Å²) in [5.74, 6) is 6.75. The maximum absolute atomic E-state index is 14.4. The molecule has 6 aromatic rings. The Kier molecular flexibility index (Phi) is 10.2. The number of fused-ring (bicyclic) bond motifs is 2. The van der Waals surface area contributed by atoms with Crippen LogP contribution in [0.15, 0.2) is 83.9 Å². The van der Waals surface area contributed by atoms with Crippen molar-refractivity contribution in [2.75, 3.05) is 26.0 Å². The number of carbonyl (C=O) groups excluding carboxylic acids is 1. The first kappa shape index (κ1) is 33.2. The normalized spacial score (nSPS) is 11.1. The van der Waals surface area contributed by atoms with Crippen molar-refractivity contribution >= 4 is 45.0 Å². The van der Waals surface area contributed by atoms with E-state index < -0.39 is 0 Å². The highest BCUT2D eigenvalue weighted by atomic mass is 35.5. The van der Waals surface area contributed by atoms with Crippen LogP contribution in [0.5, 0.6) is 5.75 Å². The van der Waals surface area contributed by atoms with Crippen LogP contribution in [0.4, 0.5) is 5.69 Å². The summed E-state index contributed by atoms with van der Waals surface area (Å²) in [7, 11) is 1.59. The lowest BCUT2D eigenvalue weighted by Crippen LogP contribution is -2.28. The van der Waals surface area contributed by atoms with Gasteiger partial charge in [0.05, 0.1) is 59.6 Å². The zero-order chi connectivity index (χ0) is 34.3. The average molecular weight is 676 g/mol. The summed E-state index contributed by atoms with van der Waals surface area (Å²) in [5.41, 5.74) is 10.2. The molecule has 0 radical (unpaired) electrons. The third-order valence-electron chi connectivity index (χ3n) is 8.01. The number of halogens is 1. The number of benzene rings is 3. The second kappa shape index (κ2) is 15.0. The molecule has 12 heteroatoms. The lowest BCUT2D eigenvalue weighted by Gasteiger charge is -2.15. The van der Waals surface area contributed by atoms with Crippen LogP contribution in [0.1, 0.15) is 36.2 Å². The van der Waals surface area contributed by atoms with Crippen LogP contribution < -0.4 is 16.6 Å². The number of nitrogens with zero attached hydrogens (tertiary/aromatic N) is 5. The van der Waals surface area contributed by atoms with Crippen LogP contribution >= 0.6 is 11.6 Å². The van der Waals surface area contributed by atoms with Gasteiger partial charge in [0.1, 0.15) is 17.3 Å². The lowest BCUT2D eigenvalue weighted by atomic mass is 10.1. The largest absolute Gasteiger partial charge is 0.508 e. The van der Waals surface area contributed by atoms with Crippen molar-refractivity contribution in [2.24, 2.45) is 0 Å². The van der Waals surface area contributed by atoms with E-state index in [9.17, 15) is 14.7 Å². The Bertz CT molecular complexity index is 2290. The molecular formula is C37H34ClN7O4. The number of methoxy groups -OCH3 is 1. The van der Waals surface area contributed by atoms with E-state index in [0.29, 0.717) is 87.6 Å². The Hall–Kier alpha value is -5.70. The second-order valence-corrected chi connectivity index (χ2v) is 11.8. The number of nitrogen functional groups attached to an aromatic ring is 1. The van der Waals surface area contributed by atoms with Crippen molar-refractivity contribution in [2.45, 2.75) is 32.4 Å². The summed E-state index contributed by atoms with van der Waals surface area (Å²) < 4.78 is 8.27. The first-order valence-corrected chi connectivity index (χ1v) is 16.1. The zero-order valence-corrected chi connectivity index (χ0v) is 27.6. The molecule has 3 aromatic heterocycles. The quantitative estimate of drug-likeness (QED) is 0.126. The minimum absolute atomic E-state index is 0.0549. The second-order valence-electron chi connectivity index (χ2n) is 11.4. The van der Waals surface area contributed by atoms with Gasteiger partial charge in [-0.25, -0.2) is 4.98 Å². The number of amides is 1. The molecule has 0 aliphatic carbocycles. The van der Waals surface area contributed by atoms with E-state index in [1.54, 1.807) is 65.2 Å². The predicted molar refractivity (Wildman–Crippen MR) is 190 cm³/mol. The summed E-state index contributed by atoms with van der Waals surface area (Å²) in [6.45, 7) is 1.20. The van der Waals surface area contributed by atoms with E-state index in [-0.39, 0.29) is 30.3 Å². The van der Waals surface area contributed by atoms with Gasteiger partial charge in [-0.2, -0.15) is 5.10 Å². The molecule has 49 heavy (non-hydrogen) atoms. The highest BCUT2D eigenvalue weighted by Crippen LogP contribution is 2.33. The Morgan fingerprint density at radius 2 is 1.90 bits per heavy atom. The van der Waals surface area contributed by atoms with Crippen molar-refractivity contribution in [3.63, 3.8) is 0 Å². The number of hydrogen-bond donors (Lipinski definition) is 3. The number of nitrogens with two attached hydrogens (primary N) is 1. The van der Waals surface area contributed by atoms with Crippen LogP contribution in [-0.4, -0.2) is 55.6 Å². The van der Waals surface area contributed by atoms with Gasteiger partial charge in [0.15, 0.2) is 0 Å². The third-order valence-corrected chi connectivity index (χ3v) is 8.38. The number of rotatable bonds is 11. The molecule has 4 N–H and O–H groups in total. The fraction of sp³-hybridized carbons (Fsp3) is 0.216. The molecule has 0 saturated heterocycles. The SMILES string of the molecule is COCCNC(=O)CCCC#Cc1cccc2nc(Cn3nc(-c4cccc(O)c4)c4c(N)cncc43)n(Cc3ccccc3Cl)c(=O)c12. The van der Waals surface area contributed by atoms with E-state index in [2.05, 4.69) is 22.1 Å². The lowest BCUT2D eigenvalue weighted by molar-refractivity contribution is -0.121. The average Bonchev–Trinajstić information content (AvgIpc) is 3.46. The van der Waals surface area contributed by atoms with Gasteiger partial charge in [-0.05, 0) is 42.3 Å². The Labute approximate surface area is 287 Å². The number of ether oxygens (including phenoxy) is 1. The fourth-order valence-corrected chi connectivity index (χ4v) is 5.82. The molecule has 0 aliphatic rings. The minimum atomic E-state index is -0.273. The molecule has 0 unspecified atom stereocenters. The number of aromatic nitrogens is 5. The van der Waals surface area contributed by atoms with E-state index >= 15 is 0 Å². The number of aromatic hydroxyl groups is 1. The molecule has 3 aromatic carbocycles. The number of phenols is 1. The molecule has 11 nitrogen and oxygen atoms in total. The molecule has 3 heterocycles. The number of hydrogen-bond acceptors (Lipinski definition) is 8. The number of phenolic OH excluding ortho intramolecular Hbond substituents is 1. The summed E-state index contributed by atoms with van der Waals surface area (Å²) in [5, 5.41) is 19.5. The first-order valence-electron chi connectivity index (χ1n) is 15.7. The van der Waals surface area contributed by atoms with Gasteiger partial charge in [-0.15, -0.1) is 0 Å². The summed E-state index contributed by atoms with van der Waals surface area (Å²) in [6, 6.07) is 19.5. The smallest absolute Gasteiger partial charge is 0.263 e. The molecule has 0 atom stereocenters. The first-order chi connectivity index (χ1) is 23.8. The number of anilines is 1. The van der Waals surface area contributed by atoms with Crippen molar-refractivity contribution < 1.29 is 14.6 Å². The van der Waals surface area contributed by atoms with Crippen LogP contribution in [0.25, 0.3) is 33.1 Å². The molecule has 6 rings (SSSR count). The van der Waals surface area contributed by atoms with Crippen LogP contribution in [0.3, 0.4) is 0 Å². The Morgan fingerprint density at radius 1 is 1.06 bits per heavy atom. The standard InChI is InChI=1S/C37H34ClN7O4/c1-49-18-17-41-33(47)16-4-2-3-9-24-11-8-15-30-34(24)37(48)44(22-26-10-5-6-14-28(26)38)32(42-30)23-45-31-21-40-20-29(39)35(31)36(43-45)25-12-7-13-27(46)19-25/h5-8,10-15,19-21,46H,2,4,16-18,22-23,39H2,1H3,(H,41,47). The highest BCUT2D eigenvalue weighted by molar-refractivity contribution is 6.31. The van der Waals surface area contributed by atoms with Crippen LogP contribution in [0, 0.1) is 11.8 Å². The maximum atomic E-state index is 14.4. The predicted octanol–water partition coefficient (Wildman–Crippen LogP) is 5.13. The van der Waals surface area contributed by atoms with Gasteiger partial charge in [-0.1, -0.05) is 59.8 Å². The molecule has 0 fully saturated rings. The van der Waals surface area contributed by atoms with Crippen molar-refractivity contribution in [1.29, 1.82) is 0 Å². The van der Waals surface area contributed by atoms with Crippen LogP contribution in [-0.2, 0) is 22.6 Å². The Morgan fingerprint density at radius 3 is 2.71 bits per heavy atom. The van der Waals surface area contributed by atoms with E-state index in [1.807, 2.05) is 30.3 Å². The van der Waals surface area contributed by atoms with Gasteiger partial charge >= 0.3 is 0 Å². The number of unbranched alkanes of at least 4 members (excludes halogenated alkanes) is 1. The number of carbonyl (C=O) groups is 1. The van der Waals surface area contributed by atoms with E-state index in [0.717, 1.165) is 5.56 Å². The highest BCUT2D eigenvalue weighted by Gasteiger charge is 2.20. The van der Waals surface area contributed by atoms with Gasteiger partial charge < -0.3 is 20.9 Å². The van der Waals surface area contributed by atoms with Gasteiger partial charge in [0, 0.05) is 42.6 Å². The third kappa shape index (κ3) is 7.41. The summed E-state index contributed by atoms with van der Waals surface area (Å²) in [6.07, 6.45) is 4.64. The number of nitrogens with one attached hydrogen (secondary N) is 1. The molecule has 248 valence electrons. The molecule has 0 bridgehead atoms. The maximum Gasteiger partial charge on any atom is 0.263 e. The molecule has 0 saturated carbocycles. The number of pyridine rings is 1. The molecule has 1 amide bonds. The summed E-state index contributed by atoms with van der Waals surface area (Å²) >= 11 is 6.57. The molecule has 0 spiro atoms. The molecule has 0 aliphatic heterocycles. The van der Waals surface area contributed by atoms with Crippen LogP contribution in [0.2, 0.25) is 5.02 Å². The minimum Gasteiger partial charge on any atom is -0.508 e. The van der Waals surface area contributed by atoms with Gasteiger partial charge in [-0.3, -0.25) is 23.8 Å². The fourth-order valence-electron chi connectivity index (χ4n) is 5.62.